The van der Waals surface area contributed by atoms with Crippen LogP contribution in [0.2, 0.25) is 0 Å². The molecule has 2 aromatic carbocycles. The average molecular weight is 354 g/mol. The molecule has 8 heteroatoms. The molecule has 2 heterocycles. The van der Waals surface area contributed by atoms with Gasteiger partial charge in [-0.3, -0.25) is 0 Å². The first-order valence-electron chi connectivity index (χ1n) is 8.37. The second kappa shape index (κ2) is 6.30. The number of aromatic nitrogens is 2. The highest BCUT2D eigenvalue weighted by molar-refractivity contribution is 5.78. The number of hydrogen-bond acceptors (Lipinski definition) is 5. The summed E-state index contributed by atoms with van der Waals surface area (Å²) in [7, 11) is 2.00. The fraction of sp³-hybridized carbons (Fsp3) is 0.278. The first-order chi connectivity index (χ1) is 12.5. The van der Waals surface area contributed by atoms with E-state index in [1.165, 1.54) is 18.2 Å². The highest BCUT2D eigenvalue weighted by atomic mass is 16.6. The molecule has 0 aliphatic carbocycles. The lowest BCUT2D eigenvalue weighted by molar-refractivity contribution is -0.591. The fourth-order valence-electron chi connectivity index (χ4n) is 3.12. The van der Waals surface area contributed by atoms with Gasteiger partial charge >= 0.3 is 6.09 Å². The number of carbonyl (C=O) groups is 1. The second-order valence-electron chi connectivity index (χ2n) is 6.39. The van der Waals surface area contributed by atoms with Gasteiger partial charge in [0, 0.05) is 44.4 Å². The van der Waals surface area contributed by atoms with Crippen molar-refractivity contribution in [3.63, 3.8) is 0 Å². The van der Waals surface area contributed by atoms with Crippen molar-refractivity contribution in [3.05, 3.63) is 52.9 Å². The highest BCUT2D eigenvalue weighted by Gasteiger charge is 2.24. The third-order valence-electron chi connectivity index (χ3n) is 4.67. The molecule has 0 radical (unpaired) electrons. The van der Waals surface area contributed by atoms with Gasteiger partial charge < -0.3 is 25.0 Å². The summed E-state index contributed by atoms with van der Waals surface area (Å²) in [6.45, 7) is 2.76. The van der Waals surface area contributed by atoms with Crippen molar-refractivity contribution in [3.8, 4) is 5.75 Å². The van der Waals surface area contributed by atoms with Crippen LogP contribution in [-0.2, 0) is 0 Å². The predicted octanol–water partition coefficient (Wildman–Crippen LogP) is 1.01. The van der Waals surface area contributed by atoms with Gasteiger partial charge in [-0.2, -0.15) is 9.46 Å². The minimum atomic E-state index is -0.453. The molecule has 0 spiro atoms. The minimum Gasteiger partial charge on any atom is -0.617 e. The molecule has 1 aliphatic heterocycles. The van der Waals surface area contributed by atoms with Crippen LogP contribution < -0.4 is 14.2 Å². The van der Waals surface area contributed by atoms with E-state index >= 15 is 0 Å². The Balaban J connectivity index is 1.68. The standard InChI is InChI=1S/C18H18N4O4/c1-19-8-10-20(11-9-19)18(23)26-13-6-7-16-17(12-13)22(25)15-5-3-2-4-14(15)21(16)24/h2-7,12H,8-11H2,1H3. The van der Waals surface area contributed by atoms with Crippen LogP contribution in [0, 0.1) is 10.4 Å². The van der Waals surface area contributed by atoms with Gasteiger partial charge in [0.1, 0.15) is 5.75 Å². The van der Waals surface area contributed by atoms with Crippen molar-refractivity contribution in [1.29, 1.82) is 0 Å². The van der Waals surface area contributed by atoms with Crippen LogP contribution in [0.25, 0.3) is 22.1 Å². The van der Waals surface area contributed by atoms with E-state index in [1.54, 1.807) is 29.2 Å². The molecule has 3 aromatic rings. The summed E-state index contributed by atoms with van der Waals surface area (Å²) in [6, 6.07) is 11.0. The highest BCUT2D eigenvalue weighted by Crippen LogP contribution is 2.19. The molecule has 1 amide bonds. The van der Waals surface area contributed by atoms with E-state index in [0.717, 1.165) is 13.1 Å². The average Bonchev–Trinajstić information content (AvgIpc) is 2.66. The lowest BCUT2D eigenvalue weighted by atomic mass is 10.2. The van der Waals surface area contributed by atoms with Crippen molar-refractivity contribution in [2.75, 3.05) is 33.2 Å². The molecule has 0 N–H and O–H groups in total. The van der Waals surface area contributed by atoms with E-state index in [2.05, 4.69) is 4.90 Å². The number of benzene rings is 2. The Hall–Kier alpha value is -3.13. The molecule has 0 atom stereocenters. The fourth-order valence-corrected chi connectivity index (χ4v) is 3.12. The summed E-state index contributed by atoms with van der Waals surface area (Å²) in [5.41, 5.74) is 0.926. The third-order valence-corrected chi connectivity index (χ3v) is 4.67. The van der Waals surface area contributed by atoms with E-state index in [4.69, 9.17) is 4.74 Å². The topological polar surface area (TPSA) is 86.7 Å². The van der Waals surface area contributed by atoms with Crippen LogP contribution in [-0.4, -0.2) is 49.1 Å². The van der Waals surface area contributed by atoms with Gasteiger partial charge in [-0.05, 0) is 13.1 Å². The largest absolute Gasteiger partial charge is 0.617 e. The molecule has 0 unspecified atom stereocenters. The van der Waals surface area contributed by atoms with Crippen LogP contribution in [0.5, 0.6) is 5.75 Å². The smallest absolute Gasteiger partial charge is 0.415 e. The number of nitrogens with zero attached hydrogens (tertiary/aromatic N) is 4. The summed E-state index contributed by atoms with van der Waals surface area (Å²) in [5.74, 6) is 0.237. The van der Waals surface area contributed by atoms with Crippen molar-refractivity contribution in [2.24, 2.45) is 0 Å². The molecular formula is C18H18N4O4. The number of carbonyl (C=O) groups excluding carboxylic acids is 1. The van der Waals surface area contributed by atoms with Crippen molar-refractivity contribution < 1.29 is 19.0 Å². The first kappa shape index (κ1) is 16.3. The second-order valence-corrected chi connectivity index (χ2v) is 6.39. The Labute approximate surface area is 149 Å². The SMILES string of the molecule is CN1CCN(C(=O)Oc2ccc3c(c2)[n+]([O-])c2ccccc2[n+]3[O-])CC1. The van der Waals surface area contributed by atoms with Gasteiger partial charge in [0.15, 0.2) is 0 Å². The number of piperazine rings is 1. The Bertz CT molecular complexity index is 999. The molecule has 1 aliphatic rings. The van der Waals surface area contributed by atoms with Crippen LogP contribution in [0.15, 0.2) is 42.5 Å². The quantitative estimate of drug-likeness (QED) is 0.370. The van der Waals surface area contributed by atoms with Crippen molar-refractivity contribution >= 4 is 28.2 Å². The summed E-state index contributed by atoms with van der Waals surface area (Å²) < 4.78 is 6.81. The number of ether oxygens (including phenoxy) is 1. The molecule has 8 nitrogen and oxygen atoms in total. The maximum absolute atomic E-state index is 12.6. The van der Waals surface area contributed by atoms with E-state index < -0.39 is 6.09 Å². The molecule has 4 rings (SSSR count). The molecular weight excluding hydrogens is 336 g/mol. The third kappa shape index (κ3) is 2.74. The Morgan fingerprint density at radius 3 is 2.15 bits per heavy atom. The number of hydrogen-bond donors (Lipinski definition) is 0. The molecule has 1 aromatic heterocycles. The van der Waals surface area contributed by atoms with Crippen LogP contribution in [0.4, 0.5) is 4.79 Å². The lowest BCUT2D eigenvalue weighted by Gasteiger charge is -2.31. The molecule has 1 fully saturated rings. The minimum absolute atomic E-state index is 0.155. The van der Waals surface area contributed by atoms with Gasteiger partial charge in [0.2, 0.25) is 0 Å². The molecule has 0 saturated carbocycles. The van der Waals surface area contributed by atoms with E-state index in [0.29, 0.717) is 22.6 Å². The number of para-hydroxylation sites is 2. The predicted molar refractivity (Wildman–Crippen MR) is 94.5 cm³/mol. The zero-order valence-electron chi connectivity index (χ0n) is 14.3. The molecule has 1 saturated heterocycles. The number of amides is 1. The Morgan fingerprint density at radius 1 is 0.923 bits per heavy atom. The maximum atomic E-state index is 12.6. The van der Waals surface area contributed by atoms with Gasteiger partial charge in [-0.25, -0.2) is 4.79 Å². The summed E-state index contributed by atoms with van der Waals surface area (Å²) in [6.07, 6.45) is -0.453. The zero-order valence-corrected chi connectivity index (χ0v) is 14.3. The summed E-state index contributed by atoms with van der Waals surface area (Å²) in [5, 5.41) is 25.1. The summed E-state index contributed by atoms with van der Waals surface area (Å²) >= 11 is 0. The normalized spacial score (nSPS) is 15.5. The summed E-state index contributed by atoms with van der Waals surface area (Å²) in [4.78, 5) is 16.1. The van der Waals surface area contributed by atoms with Crippen LogP contribution >= 0.6 is 0 Å². The maximum Gasteiger partial charge on any atom is 0.415 e. The van der Waals surface area contributed by atoms with E-state index in [1.807, 2.05) is 7.05 Å². The van der Waals surface area contributed by atoms with Crippen LogP contribution in [0.1, 0.15) is 0 Å². The number of rotatable bonds is 1. The molecule has 0 bridgehead atoms. The van der Waals surface area contributed by atoms with E-state index in [-0.39, 0.29) is 27.8 Å². The first-order valence-corrected chi connectivity index (χ1v) is 8.37. The van der Waals surface area contributed by atoms with Crippen molar-refractivity contribution in [1.82, 2.24) is 9.80 Å². The van der Waals surface area contributed by atoms with E-state index in [9.17, 15) is 15.2 Å². The molecule has 134 valence electrons. The van der Waals surface area contributed by atoms with Crippen LogP contribution in [0.3, 0.4) is 0 Å². The van der Waals surface area contributed by atoms with Gasteiger partial charge in [0.25, 0.3) is 22.1 Å². The van der Waals surface area contributed by atoms with Crippen molar-refractivity contribution in [2.45, 2.75) is 0 Å². The Kier molecular flexibility index (Phi) is 3.96. The van der Waals surface area contributed by atoms with Gasteiger partial charge in [0.05, 0.1) is 6.07 Å². The van der Waals surface area contributed by atoms with Gasteiger partial charge in [-0.1, -0.05) is 12.1 Å². The Morgan fingerprint density at radius 2 is 1.50 bits per heavy atom. The number of likely N-dealkylation sites (N-methyl/N-ethyl adjacent to an activating group) is 1. The lowest BCUT2D eigenvalue weighted by Crippen LogP contribution is -2.48. The van der Waals surface area contributed by atoms with Gasteiger partial charge in [-0.15, -0.1) is 0 Å². The monoisotopic (exact) mass is 354 g/mol. The molecule has 26 heavy (non-hydrogen) atoms. The zero-order chi connectivity index (χ0) is 18.3. The number of fused-ring (bicyclic) bond motifs is 2.